The fraction of sp³-hybridized carbons (Fsp3) is 0.0476. The normalized spacial score (nSPS) is 10.6. The summed E-state index contributed by atoms with van der Waals surface area (Å²) >= 11 is 0. The van der Waals surface area contributed by atoms with Crippen molar-refractivity contribution in [2.24, 2.45) is 5.10 Å². The molecule has 0 aromatic heterocycles. The van der Waals surface area contributed by atoms with Gasteiger partial charge in [-0.2, -0.15) is 5.10 Å². The molecule has 0 saturated heterocycles. The smallest absolute Gasteiger partial charge is 0.277 e. The van der Waals surface area contributed by atoms with Crippen LogP contribution >= 0.6 is 0 Å². The first-order chi connectivity index (χ1) is 14.0. The monoisotopic (exact) mass is 390 g/mol. The molecule has 1 N–H and O–H groups in total. The number of hydrogen-bond acceptors (Lipinski definition) is 6. The maximum atomic E-state index is 11.8. The van der Waals surface area contributed by atoms with E-state index in [-0.39, 0.29) is 6.61 Å². The SMILES string of the molecule is O=C(COc1ccc(-c2ccccc2)cc1)N/N=C\c1ccc([O-])c([N+](=O)[O-])c1. The Morgan fingerprint density at radius 3 is 2.41 bits per heavy atom. The van der Waals surface area contributed by atoms with Gasteiger partial charge < -0.3 is 9.84 Å². The number of carbonyl (C=O) groups excluding carboxylic acids is 1. The molecule has 0 unspecified atom stereocenters. The maximum absolute atomic E-state index is 11.8. The minimum Gasteiger partial charge on any atom is -0.868 e. The van der Waals surface area contributed by atoms with Gasteiger partial charge in [-0.15, -0.1) is 0 Å². The van der Waals surface area contributed by atoms with E-state index in [9.17, 15) is 20.0 Å². The lowest BCUT2D eigenvalue weighted by molar-refractivity contribution is -0.398. The number of hydrogen-bond donors (Lipinski definition) is 1. The second-order valence-corrected chi connectivity index (χ2v) is 5.96. The lowest BCUT2D eigenvalue weighted by Gasteiger charge is -2.07. The van der Waals surface area contributed by atoms with Crippen molar-refractivity contribution in [2.75, 3.05) is 6.61 Å². The number of nitrogens with zero attached hydrogens (tertiary/aromatic N) is 2. The zero-order chi connectivity index (χ0) is 20.6. The van der Waals surface area contributed by atoms with Crippen molar-refractivity contribution in [1.29, 1.82) is 0 Å². The Morgan fingerprint density at radius 1 is 1.03 bits per heavy atom. The van der Waals surface area contributed by atoms with Crippen LogP contribution in [0, 0.1) is 10.1 Å². The van der Waals surface area contributed by atoms with E-state index in [1.54, 1.807) is 12.1 Å². The van der Waals surface area contributed by atoms with E-state index in [1.807, 2.05) is 42.5 Å². The largest absolute Gasteiger partial charge is 0.868 e. The molecule has 3 rings (SSSR count). The van der Waals surface area contributed by atoms with Gasteiger partial charge in [0, 0.05) is 11.6 Å². The average Bonchev–Trinajstić information content (AvgIpc) is 2.74. The van der Waals surface area contributed by atoms with E-state index in [4.69, 9.17) is 4.74 Å². The summed E-state index contributed by atoms with van der Waals surface area (Å²) in [7, 11) is 0. The number of hydrazone groups is 1. The number of nitro benzene ring substituents is 1. The van der Waals surface area contributed by atoms with E-state index in [1.165, 1.54) is 12.3 Å². The second-order valence-electron chi connectivity index (χ2n) is 5.96. The van der Waals surface area contributed by atoms with Gasteiger partial charge in [-0.25, -0.2) is 5.43 Å². The van der Waals surface area contributed by atoms with Crippen LogP contribution < -0.4 is 15.3 Å². The standard InChI is InChI=1S/C21H17N3O5/c25-20-11-6-15(12-19(20)24(27)28)13-22-23-21(26)14-29-18-9-7-17(8-10-18)16-4-2-1-3-5-16/h1-13,25H,14H2,(H,23,26)/p-1/b22-13-. The zero-order valence-electron chi connectivity index (χ0n) is 15.1. The highest BCUT2D eigenvalue weighted by Gasteiger charge is 2.07. The highest BCUT2D eigenvalue weighted by molar-refractivity contribution is 5.84. The van der Waals surface area contributed by atoms with Crippen LogP contribution in [0.25, 0.3) is 11.1 Å². The van der Waals surface area contributed by atoms with Crippen molar-refractivity contribution in [1.82, 2.24) is 5.43 Å². The molecule has 29 heavy (non-hydrogen) atoms. The van der Waals surface area contributed by atoms with Crippen LogP contribution in [0.1, 0.15) is 5.56 Å². The van der Waals surface area contributed by atoms with Crippen molar-refractivity contribution in [3.63, 3.8) is 0 Å². The van der Waals surface area contributed by atoms with Crippen LogP contribution in [-0.2, 0) is 4.79 Å². The van der Waals surface area contributed by atoms with Crippen LogP contribution in [0.2, 0.25) is 0 Å². The number of carbonyl (C=O) groups is 1. The molecule has 3 aromatic rings. The van der Waals surface area contributed by atoms with Crippen molar-refractivity contribution in [2.45, 2.75) is 0 Å². The van der Waals surface area contributed by atoms with Crippen LogP contribution in [0.4, 0.5) is 5.69 Å². The van der Waals surface area contributed by atoms with Gasteiger partial charge in [0.1, 0.15) is 5.75 Å². The third kappa shape index (κ3) is 5.39. The molecule has 0 atom stereocenters. The lowest BCUT2D eigenvalue weighted by Crippen LogP contribution is -2.24. The van der Waals surface area contributed by atoms with Gasteiger partial charge in [0.15, 0.2) is 6.61 Å². The third-order valence-electron chi connectivity index (χ3n) is 3.91. The topological polar surface area (TPSA) is 117 Å². The molecule has 146 valence electrons. The summed E-state index contributed by atoms with van der Waals surface area (Å²) in [6.45, 7) is -0.248. The number of nitrogens with one attached hydrogen (secondary N) is 1. The molecule has 3 aromatic carbocycles. The zero-order valence-corrected chi connectivity index (χ0v) is 15.1. The Kier molecular flexibility index (Phi) is 6.16. The molecule has 0 aliphatic rings. The first-order valence-electron chi connectivity index (χ1n) is 8.58. The fourth-order valence-electron chi connectivity index (χ4n) is 2.49. The Balaban J connectivity index is 1.51. The molecule has 0 aliphatic heterocycles. The van der Waals surface area contributed by atoms with Crippen molar-refractivity contribution in [3.05, 3.63) is 88.5 Å². The van der Waals surface area contributed by atoms with Crippen molar-refractivity contribution >= 4 is 17.8 Å². The first-order valence-corrected chi connectivity index (χ1v) is 8.58. The molecule has 0 bridgehead atoms. The van der Waals surface area contributed by atoms with Crippen LogP contribution in [0.3, 0.4) is 0 Å². The van der Waals surface area contributed by atoms with Gasteiger partial charge in [0.25, 0.3) is 11.6 Å². The molecule has 8 heteroatoms. The predicted octanol–water partition coefficient (Wildman–Crippen LogP) is 2.86. The summed E-state index contributed by atoms with van der Waals surface area (Å²) in [6, 6.07) is 20.7. The number of nitro groups is 1. The van der Waals surface area contributed by atoms with Crippen molar-refractivity contribution in [3.8, 4) is 22.6 Å². The summed E-state index contributed by atoms with van der Waals surface area (Å²) in [6.07, 6.45) is 1.21. The maximum Gasteiger partial charge on any atom is 0.277 e. The van der Waals surface area contributed by atoms with Gasteiger partial charge in [-0.3, -0.25) is 14.9 Å². The number of rotatable bonds is 7. The van der Waals surface area contributed by atoms with Gasteiger partial charge in [0.2, 0.25) is 0 Å². The quantitative estimate of drug-likeness (QED) is 0.378. The molecule has 0 fully saturated rings. The molecule has 0 radical (unpaired) electrons. The Hall–Kier alpha value is -4.20. The van der Waals surface area contributed by atoms with Gasteiger partial charge in [0.05, 0.1) is 11.1 Å². The number of benzene rings is 3. The van der Waals surface area contributed by atoms with E-state index in [0.717, 1.165) is 23.3 Å². The summed E-state index contributed by atoms with van der Waals surface area (Å²) in [5, 5.41) is 25.8. The number of ether oxygens (including phenoxy) is 1. The van der Waals surface area contributed by atoms with E-state index in [2.05, 4.69) is 10.5 Å². The van der Waals surface area contributed by atoms with Crippen LogP contribution in [0.5, 0.6) is 11.5 Å². The lowest BCUT2D eigenvalue weighted by atomic mass is 10.1. The minimum atomic E-state index is -0.769. The Labute approximate surface area is 166 Å². The van der Waals surface area contributed by atoms with Crippen molar-refractivity contribution < 1.29 is 19.6 Å². The molecule has 0 spiro atoms. The molecule has 0 aliphatic carbocycles. The van der Waals surface area contributed by atoms with E-state index in [0.29, 0.717) is 11.3 Å². The van der Waals surface area contributed by atoms with E-state index < -0.39 is 22.3 Å². The Bertz CT molecular complexity index is 1030. The number of amides is 1. The van der Waals surface area contributed by atoms with Crippen LogP contribution in [0.15, 0.2) is 77.9 Å². The van der Waals surface area contributed by atoms with Gasteiger partial charge in [-0.1, -0.05) is 54.6 Å². The van der Waals surface area contributed by atoms with Crippen LogP contribution in [-0.4, -0.2) is 23.7 Å². The second kappa shape index (κ2) is 9.14. The molecule has 0 heterocycles. The van der Waals surface area contributed by atoms with Gasteiger partial charge in [-0.05, 0) is 29.0 Å². The average molecular weight is 390 g/mol. The third-order valence-corrected chi connectivity index (χ3v) is 3.91. The highest BCUT2D eigenvalue weighted by atomic mass is 16.6. The highest BCUT2D eigenvalue weighted by Crippen LogP contribution is 2.23. The van der Waals surface area contributed by atoms with Gasteiger partial charge >= 0.3 is 0 Å². The Morgan fingerprint density at radius 2 is 1.72 bits per heavy atom. The molecular weight excluding hydrogens is 374 g/mol. The molecule has 1 amide bonds. The predicted molar refractivity (Wildman–Crippen MR) is 106 cm³/mol. The molecule has 0 saturated carbocycles. The molecular formula is C21H16N3O5-. The first kappa shape index (κ1) is 19.6. The summed E-state index contributed by atoms with van der Waals surface area (Å²) in [4.78, 5) is 21.8. The summed E-state index contributed by atoms with van der Waals surface area (Å²) in [5.41, 5.74) is 4.13. The summed E-state index contributed by atoms with van der Waals surface area (Å²) < 4.78 is 5.41. The van der Waals surface area contributed by atoms with E-state index >= 15 is 0 Å². The molecule has 8 nitrogen and oxygen atoms in total. The fourth-order valence-corrected chi connectivity index (χ4v) is 2.49. The summed E-state index contributed by atoms with van der Waals surface area (Å²) in [5.74, 6) is -0.656. The minimum absolute atomic E-state index is 0.248.